The minimum atomic E-state index is -1.36. The predicted molar refractivity (Wildman–Crippen MR) is 162 cm³/mol. The summed E-state index contributed by atoms with van der Waals surface area (Å²) in [6.07, 6.45) is 0. The maximum atomic E-state index is 15.5. The van der Waals surface area contributed by atoms with E-state index in [9.17, 15) is 20.1 Å². The van der Waals surface area contributed by atoms with E-state index >= 15 is 8.78 Å². The molecular weight excluding hydrogens is 641 g/mol. The Morgan fingerprint density at radius 2 is 0.826 bits per heavy atom. The highest BCUT2D eigenvalue weighted by atomic mass is 35.5. The number of nitrogens with zero attached hydrogens (tertiary/aromatic N) is 2. The quantitative estimate of drug-likeness (QED) is 0.120. The topological polar surface area (TPSA) is 119 Å². The molecule has 0 bridgehead atoms. The third-order valence-electron chi connectivity index (χ3n) is 6.19. The highest BCUT2D eigenvalue weighted by Crippen LogP contribution is 2.42. The van der Waals surface area contributed by atoms with Gasteiger partial charge in [-0.25, -0.2) is 18.4 Å². The molecule has 12 heteroatoms. The van der Waals surface area contributed by atoms with Crippen LogP contribution in [0.3, 0.4) is 0 Å². The van der Waals surface area contributed by atoms with Crippen LogP contribution in [-0.2, 0) is 0 Å². The zero-order valence-corrected chi connectivity index (χ0v) is 24.6. The molecular formula is C34H16Cl2F2N2O6. The molecule has 0 unspecified atom stereocenters. The molecule has 0 radical (unpaired) electrons. The zero-order valence-electron chi connectivity index (χ0n) is 23.1. The van der Waals surface area contributed by atoms with Gasteiger partial charge in [-0.15, -0.1) is 0 Å². The second kappa shape index (κ2) is 13.8. The van der Waals surface area contributed by atoms with E-state index < -0.39 is 46.2 Å². The molecule has 0 N–H and O–H groups in total. The number of hydrogen-bond acceptors (Lipinski definition) is 8. The van der Waals surface area contributed by atoms with E-state index in [0.717, 1.165) is 0 Å². The average Bonchev–Trinajstić information content (AvgIpc) is 3.06. The van der Waals surface area contributed by atoms with Gasteiger partial charge in [-0.05, 0) is 97.1 Å². The number of carbonyl (C=O) groups is 2. The fourth-order valence-electron chi connectivity index (χ4n) is 3.93. The molecule has 5 aromatic carbocycles. The van der Waals surface area contributed by atoms with Gasteiger partial charge in [-0.1, -0.05) is 23.2 Å². The first-order chi connectivity index (χ1) is 22.2. The summed E-state index contributed by atoms with van der Waals surface area (Å²) in [4.78, 5) is 25.0. The molecule has 46 heavy (non-hydrogen) atoms. The molecule has 0 saturated heterocycles. The molecule has 0 saturated carbocycles. The number of ether oxygens (including phenoxy) is 4. The largest absolute Gasteiger partial charge is 0.450 e. The van der Waals surface area contributed by atoms with E-state index in [4.69, 9.17) is 42.1 Å². The Labute approximate surface area is 270 Å². The Morgan fingerprint density at radius 1 is 0.522 bits per heavy atom. The standard InChI is InChI=1S/C34H16Cl2F2N2O6/c35-21-5-13-25(14-6-21)45-33(41)19-1-9-23(10-2-19)43-31-29(37)27(17-39)28(18-40)30(38)32(31)44-24-11-3-20(4-12-24)34(42)46-26-15-7-22(36)8-16-26/h1-16H. The lowest BCUT2D eigenvalue weighted by atomic mass is 10.1. The van der Waals surface area contributed by atoms with Crippen LogP contribution in [0.15, 0.2) is 97.1 Å². The van der Waals surface area contributed by atoms with Crippen LogP contribution in [0.2, 0.25) is 10.0 Å². The van der Waals surface area contributed by atoms with Gasteiger partial charge < -0.3 is 18.9 Å². The van der Waals surface area contributed by atoms with Gasteiger partial charge in [-0.2, -0.15) is 10.5 Å². The average molecular weight is 657 g/mol. The van der Waals surface area contributed by atoms with Crippen molar-refractivity contribution in [3.05, 3.63) is 141 Å². The lowest BCUT2D eigenvalue weighted by molar-refractivity contribution is 0.0725. The van der Waals surface area contributed by atoms with Crippen molar-refractivity contribution in [3.8, 4) is 46.6 Å². The molecule has 0 aliphatic carbocycles. The third-order valence-corrected chi connectivity index (χ3v) is 6.69. The van der Waals surface area contributed by atoms with Gasteiger partial charge in [0.25, 0.3) is 0 Å². The molecule has 226 valence electrons. The van der Waals surface area contributed by atoms with E-state index in [0.29, 0.717) is 10.0 Å². The van der Waals surface area contributed by atoms with Crippen LogP contribution in [0.4, 0.5) is 8.78 Å². The van der Waals surface area contributed by atoms with Gasteiger partial charge in [0.15, 0.2) is 11.6 Å². The Morgan fingerprint density at radius 3 is 1.13 bits per heavy atom. The highest BCUT2D eigenvalue weighted by Gasteiger charge is 2.29. The summed E-state index contributed by atoms with van der Waals surface area (Å²) >= 11 is 11.7. The number of nitriles is 2. The number of esters is 2. The molecule has 5 aromatic rings. The first-order valence-corrected chi connectivity index (χ1v) is 13.8. The Hall–Kier alpha value is -5.94. The summed E-state index contributed by atoms with van der Waals surface area (Å²) < 4.78 is 52.8. The fourth-order valence-corrected chi connectivity index (χ4v) is 4.18. The summed E-state index contributed by atoms with van der Waals surface area (Å²) in [5.74, 6) is -5.44. The third kappa shape index (κ3) is 7.06. The first kappa shape index (κ1) is 31.5. The van der Waals surface area contributed by atoms with Crippen molar-refractivity contribution >= 4 is 35.1 Å². The lowest BCUT2D eigenvalue weighted by Crippen LogP contribution is -2.08. The summed E-state index contributed by atoms with van der Waals surface area (Å²) in [5.41, 5.74) is -1.58. The lowest BCUT2D eigenvalue weighted by Gasteiger charge is -2.16. The van der Waals surface area contributed by atoms with Crippen molar-refractivity contribution in [1.82, 2.24) is 0 Å². The maximum Gasteiger partial charge on any atom is 0.343 e. The normalized spacial score (nSPS) is 10.3. The molecule has 0 aliphatic rings. The minimum Gasteiger partial charge on any atom is -0.450 e. The van der Waals surface area contributed by atoms with Crippen LogP contribution in [0, 0.1) is 34.3 Å². The number of halogens is 4. The molecule has 8 nitrogen and oxygen atoms in total. The van der Waals surface area contributed by atoms with E-state index in [-0.39, 0.29) is 34.1 Å². The molecule has 5 rings (SSSR count). The van der Waals surface area contributed by atoms with Crippen molar-refractivity contribution in [1.29, 1.82) is 10.5 Å². The van der Waals surface area contributed by atoms with Crippen LogP contribution in [0.25, 0.3) is 0 Å². The van der Waals surface area contributed by atoms with Crippen LogP contribution >= 0.6 is 23.2 Å². The minimum absolute atomic E-state index is 0.0694. The van der Waals surface area contributed by atoms with Crippen molar-refractivity contribution in [2.75, 3.05) is 0 Å². The summed E-state index contributed by atoms with van der Waals surface area (Å²) in [7, 11) is 0. The van der Waals surface area contributed by atoms with Gasteiger partial charge in [0.2, 0.25) is 11.5 Å². The summed E-state index contributed by atoms with van der Waals surface area (Å²) in [6.45, 7) is 0. The van der Waals surface area contributed by atoms with Gasteiger partial charge in [0.1, 0.15) is 46.3 Å². The number of carbonyl (C=O) groups excluding carboxylic acids is 2. The SMILES string of the molecule is N#Cc1c(F)c(Oc2ccc(C(=O)Oc3ccc(Cl)cc3)cc2)c(Oc2ccc(C(=O)Oc3ccc(Cl)cc3)cc2)c(F)c1C#N. The van der Waals surface area contributed by atoms with Crippen molar-refractivity contribution in [2.24, 2.45) is 0 Å². The summed E-state index contributed by atoms with van der Waals surface area (Å²) in [6, 6.07) is 25.6. The Kier molecular flexibility index (Phi) is 9.44. The molecule has 0 aliphatic heterocycles. The second-order valence-corrected chi connectivity index (χ2v) is 10.1. The summed E-state index contributed by atoms with van der Waals surface area (Å²) in [5, 5.41) is 19.8. The van der Waals surface area contributed by atoms with Crippen LogP contribution < -0.4 is 18.9 Å². The van der Waals surface area contributed by atoms with Crippen molar-refractivity contribution in [2.45, 2.75) is 0 Å². The van der Waals surface area contributed by atoms with Gasteiger partial charge >= 0.3 is 11.9 Å². The van der Waals surface area contributed by atoms with Crippen molar-refractivity contribution < 1.29 is 37.3 Å². The number of rotatable bonds is 8. The van der Waals surface area contributed by atoms with Crippen molar-refractivity contribution in [3.63, 3.8) is 0 Å². The van der Waals surface area contributed by atoms with Crippen LogP contribution in [0.1, 0.15) is 31.8 Å². The second-order valence-electron chi connectivity index (χ2n) is 9.20. The molecule has 0 atom stereocenters. The number of benzene rings is 5. The van der Waals surface area contributed by atoms with E-state index in [2.05, 4.69) is 0 Å². The van der Waals surface area contributed by atoms with Crippen LogP contribution in [0.5, 0.6) is 34.5 Å². The zero-order chi connectivity index (χ0) is 32.8. The maximum absolute atomic E-state index is 15.5. The predicted octanol–water partition coefficient (Wildman–Crippen LogP) is 9.04. The smallest absolute Gasteiger partial charge is 0.343 e. The van der Waals surface area contributed by atoms with E-state index in [1.807, 2.05) is 0 Å². The molecule has 0 heterocycles. The molecule has 0 spiro atoms. The monoisotopic (exact) mass is 656 g/mol. The van der Waals surface area contributed by atoms with Gasteiger partial charge in [-0.3, -0.25) is 0 Å². The van der Waals surface area contributed by atoms with Gasteiger partial charge in [0.05, 0.1) is 11.1 Å². The molecule has 0 amide bonds. The fraction of sp³-hybridized carbons (Fsp3) is 0. The number of hydrogen-bond donors (Lipinski definition) is 0. The van der Waals surface area contributed by atoms with Crippen LogP contribution in [-0.4, -0.2) is 11.9 Å². The Bertz CT molecular complexity index is 1870. The van der Waals surface area contributed by atoms with E-state index in [1.165, 1.54) is 84.9 Å². The highest BCUT2D eigenvalue weighted by molar-refractivity contribution is 6.30. The Balaban J connectivity index is 1.39. The molecule has 0 fully saturated rings. The first-order valence-electron chi connectivity index (χ1n) is 13.0. The van der Waals surface area contributed by atoms with Gasteiger partial charge in [0, 0.05) is 10.0 Å². The van der Waals surface area contributed by atoms with E-state index in [1.54, 1.807) is 24.3 Å². The molecule has 0 aromatic heterocycles.